The van der Waals surface area contributed by atoms with Crippen LogP contribution in [0.25, 0.3) is 0 Å². The fraction of sp³-hybridized carbons (Fsp3) is 0.889. The molecule has 11 heavy (non-hydrogen) atoms. The lowest BCUT2D eigenvalue weighted by atomic mass is 9.78. The minimum absolute atomic E-state index is 0. The molecule has 0 aromatic rings. The summed E-state index contributed by atoms with van der Waals surface area (Å²) in [4.78, 5) is 10.3. The molecule has 0 aliphatic carbocycles. The quantitative estimate of drug-likeness (QED) is 0.582. The maximum absolute atomic E-state index is 12.1. The summed E-state index contributed by atoms with van der Waals surface area (Å²) in [5.41, 5.74) is -0.203. The highest BCUT2D eigenvalue weighted by Crippen LogP contribution is 2.30. The van der Waals surface area contributed by atoms with Crippen molar-refractivity contribution in [2.45, 2.75) is 41.5 Å². The topological polar surface area (TPSA) is 17.1 Å². The Balaban J connectivity index is 0. The van der Waals surface area contributed by atoms with Gasteiger partial charge in [0.1, 0.15) is 0 Å². The van der Waals surface area contributed by atoms with Crippen LogP contribution in [0.3, 0.4) is 0 Å². The van der Waals surface area contributed by atoms with Gasteiger partial charge in [-0.3, -0.25) is 4.79 Å². The minimum Gasteiger partial charge on any atom is -0.261 e. The predicted octanol–water partition coefficient (Wildman–Crippen LogP) is 3.19. The van der Waals surface area contributed by atoms with E-state index in [2.05, 4.69) is 0 Å². The van der Waals surface area contributed by atoms with Crippen LogP contribution in [-0.2, 0) is 4.79 Å². The molecule has 0 rings (SSSR count). The Bertz CT molecular complexity index is 130. The summed E-state index contributed by atoms with van der Waals surface area (Å²) in [6.45, 7) is 7.38. The summed E-state index contributed by atoms with van der Waals surface area (Å²) in [6.07, 6.45) is 0.823. The van der Waals surface area contributed by atoms with Gasteiger partial charge in [0.05, 0.1) is 5.92 Å². The van der Waals surface area contributed by atoms with Crippen molar-refractivity contribution in [1.82, 2.24) is 0 Å². The van der Waals surface area contributed by atoms with Gasteiger partial charge >= 0.3 is 6.04 Å². The van der Waals surface area contributed by atoms with Crippen LogP contribution in [-0.4, -0.2) is 6.04 Å². The number of carbonyl (C=O) groups excluding carboxylic acids is 1. The molecule has 1 atom stereocenters. The zero-order valence-electron chi connectivity index (χ0n) is 7.07. The zero-order valence-corrected chi connectivity index (χ0v) is 7.07. The van der Waals surface area contributed by atoms with Crippen LogP contribution in [0.15, 0.2) is 0 Å². The molecule has 0 spiro atoms. The molecule has 0 fully saturated rings. The molecular formula is C9H19FO. The van der Waals surface area contributed by atoms with Crippen molar-refractivity contribution in [3.05, 3.63) is 0 Å². The lowest BCUT2D eigenvalue weighted by Gasteiger charge is -2.26. The van der Waals surface area contributed by atoms with Gasteiger partial charge in [-0.15, -0.1) is 0 Å². The SMILES string of the molecule is C.CCC(C)(C)[C@H](C)C(=O)F. The van der Waals surface area contributed by atoms with E-state index in [4.69, 9.17) is 0 Å². The summed E-state index contributed by atoms with van der Waals surface area (Å²) in [7, 11) is 0. The van der Waals surface area contributed by atoms with Gasteiger partial charge < -0.3 is 0 Å². The summed E-state index contributed by atoms with van der Waals surface area (Å²) >= 11 is 0. The van der Waals surface area contributed by atoms with Gasteiger partial charge in [0.15, 0.2) is 0 Å². The van der Waals surface area contributed by atoms with E-state index >= 15 is 0 Å². The second-order valence-corrected chi connectivity index (χ2v) is 3.37. The maximum atomic E-state index is 12.1. The highest BCUT2D eigenvalue weighted by Gasteiger charge is 2.29. The molecule has 0 aromatic carbocycles. The molecule has 0 radical (unpaired) electrons. The van der Waals surface area contributed by atoms with Gasteiger partial charge in [-0.25, -0.2) is 0 Å². The Labute approximate surface area is 69.0 Å². The van der Waals surface area contributed by atoms with Gasteiger partial charge in [-0.1, -0.05) is 41.5 Å². The number of carbonyl (C=O) groups is 1. The Morgan fingerprint density at radius 2 is 1.91 bits per heavy atom. The first kappa shape index (κ1) is 13.2. The second kappa shape index (κ2) is 4.47. The fourth-order valence-electron chi connectivity index (χ4n) is 0.613. The van der Waals surface area contributed by atoms with Crippen molar-refractivity contribution in [3.8, 4) is 0 Å². The fourth-order valence-corrected chi connectivity index (χ4v) is 0.613. The highest BCUT2D eigenvalue weighted by atomic mass is 19.1. The van der Waals surface area contributed by atoms with E-state index in [0.29, 0.717) is 0 Å². The third kappa shape index (κ3) is 3.49. The molecule has 68 valence electrons. The number of halogens is 1. The molecular weight excluding hydrogens is 143 g/mol. The molecule has 0 saturated carbocycles. The van der Waals surface area contributed by atoms with Crippen molar-refractivity contribution in [2.75, 3.05) is 0 Å². The van der Waals surface area contributed by atoms with Crippen LogP contribution in [0.4, 0.5) is 4.39 Å². The first-order chi connectivity index (χ1) is 4.41. The lowest BCUT2D eigenvalue weighted by Crippen LogP contribution is -2.25. The minimum atomic E-state index is -1.20. The summed E-state index contributed by atoms with van der Waals surface area (Å²) < 4.78 is 12.1. The molecule has 0 bridgehead atoms. The Hall–Kier alpha value is -0.400. The van der Waals surface area contributed by atoms with Gasteiger partial charge in [0.25, 0.3) is 0 Å². The summed E-state index contributed by atoms with van der Waals surface area (Å²) in [6, 6.07) is -1.20. The molecule has 0 aromatic heterocycles. The molecule has 0 N–H and O–H groups in total. The highest BCUT2D eigenvalue weighted by molar-refractivity contribution is 5.71. The smallest absolute Gasteiger partial charge is 0.261 e. The second-order valence-electron chi connectivity index (χ2n) is 3.37. The molecule has 1 nitrogen and oxygen atoms in total. The van der Waals surface area contributed by atoms with Gasteiger partial charge in [0, 0.05) is 0 Å². The average Bonchev–Trinajstić information content (AvgIpc) is 1.86. The molecule has 0 saturated heterocycles. The van der Waals surface area contributed by atoms with Gasteiger partial charge in [0.2, 0.25) is 0 Å². The van der Waals surface area contributed by atoms with E-state index in [1.807, 2.05) is 20.8 Å². The Morgan fingerprint density at radius 1 is 1.55 bits per heavy atom. The van der Waals surface area contributed by atoms with Crippen molar-refractivity contribution in [3.63, 3.8) is 0 Å². The lowest BCUT2D eigenvalue weighted by molar-refractivity contribution is -0.136. The summed E-state index contributed by atoms with van der Waals surface area (Å²) in [5.74, 6) is -0.475. The number of hydrogen-bond donors (Lipinski definition) is 0. The van der Waals surface area contributed by atoms with E-state index in [0.717, 1.165) is 6.42 Å². The third-order valence-corrected chi connectivity index (χ3v) is 2.42. The van der Waals surface area contributed by atoms with Crippen molar-refractivity contribution < 1.29 is 9.18 Å². The van der Waals surface area contributed by atoms with E-state index in [9.17, 15) is 9.18 Å². The normalized spacial score (nSPS) is 13.5. The largest absolute Gasteiger partial charge is 0.304 e. The summed E-state index contributed by atoms with van der Waals surface area (Å²) in [5, 5.41) is 0. The van der Waals surface area contributed by atoms with Crippen LogP contribution in [0.5, 0.6) is 0 Å². The van der Waals surface area contributed by atoms with Crippen molar-refractivity contribution in [2.24, 2.45) is 11.3 Å². The van der Waals surface area contributed by atoms with E-state index in [1.165, 1.54) is 0 Å². The Morgan fingerprint density at radius 3 is 2.00 bits per heavy atom. The first-order valence-corrected chi connectivity index (χ1v) is 3.61. The number of rotatable bonds is 3. The first-order valence-electron chi connectivity index (χ1n) is 3.61. The van der Waals surface area contributed by atoms with Crippen LogP contribution in [0, 0.1) is 11.3 Å². The molecule has 0 heterocycles. The molecule has 0 unspecified atom stereocenters. The Kier molecular flexibility index (Phi) is 5.37. The van der Waals surface area contributed by atoms with Crippen LogP contribution in [0.2, 0.25) is 0 Å². The molecule has 0 aliphatic heterocycles. The predicted molar refractivity (Wildman–Crippen MR) is 46.1 cm³/mol. The average molecular weight is 162 g/mol. The number of hydrogen-bond acceptors (Lipinski definition) is 1. The van der Waals surface area contributed by atoms with Gasteiger partial charge in [-0.05, 0) is 5.41 Å². The zero-order chi connectivity index (χ0) is 8.36. The van der Waals surface area contributed by atoms with E-state index in [-0.39, 0.29) is 12.8 Å². The molecule has 0 aliphatic rings. The van der Waals surface area contributed by atoms with Gasteiger partial charge in [-0.2, -0.15) is 4.39 Å². The maximum Gasteiger partial charge on any atom is 0.304 e. The standard InChI is InChI=1S/C8H15FO.CH4/c1-5-8(3,4)6(2)7(9)10;/h6H,5H2,1-4H3;1H4/t6-;/m1./s1. The molecule has 0 amide bonds. The third-order valence-electron chi connectivity index (χ3n) is 2.42. The van der Waals surface area contributed by atoms with Crippen molar-refractivity contribution >= 4 is 6.04 Å². The monoisotopic (exact) mass is 162 g/mol. The van der Waals surface area contributed by atoms with Crippen molar-refractivity contribution in [1.29, 1.82) is 0 Å². The molecule has 2 heteroatoms. The van der Waals surface area contributed by atoms with E-state index in [1.54, 1.807) is 6.92 Å². The van der Waals surface area contributed by atoms with Crippen LogP contribution in [0.1, 0.15) is 41.5 Å². The van der Waals surface area contributed by atoms with E-state index < -0.39 is 12.0 Å². The van der Waals surface area contributed by atoms with Crippen LogP contribution < -0.4 is 0 Å². The van der Waals surface area contributed by atoms with Crippen LogP contribution >= 0.6 is 0 Å².